The van der Waals surface area contributed by atoms with Crippen molar-refractivity contribution in [2.45, 2.75) is 26.8 Å². The lowest BCUT2D eigenvalue weighted by atomic mass is 10.3. The summed E-state index contributed by atoms with van der Waals surface area (Å²) in [7, 11) is 1.43. The molecule has 1 aromatic heterocycles. The molecule has 0 aliphatic carbocycles. The number of carbonyl (C=O) groups excluding carboxylic acids is 1. The molecule has 0 bridgehead atoms. The summed E-state index contributed by atoms with van der Waals surface area (Å²) >= 11 is 5.73. The van der Waals surface area contributed by atoms with Crippen LogP contribution in [0.1, 0.15) is 20.8 Å². The third kappa shape index (κ3) is 4.20. The van der Waals surface area contributed by atoms with Crippen LogP contribution < -0.4 is 10.1 Å². The van der Waals surface area contributed by atoms with Crippen molar-refractivity contribution >= 4 is 23.5 Å². The Morgan fingerprint density at radius 1 is 1.37 bits per heavy atom. The number of aromatic nitrogens is 3. The van der Waals surface area contributed by atoms with Crippen LogP contribution in [-0.2, 0) is 4.79 Å². The zero-order chi connectivity index (χ0) is 14.4. The van der Waals surface area contributed by atoms with Crippen molar-refractivity contribution in [3.05, 3.63) is 5.28 Å². The summed E-state index contributed by atoms with van der Waals surface area (Å²) in [5, 5.41) is 2.90. The first kappa shape index (κ1) is 15.4. The fourth-order valence-electron chi connectivity index (χ4n) is 1.55. The number of nitrogens with zero attached hydrogens (tertiary/aromatic N) is 4. The van der Waals surface area contributed by atoms with Gasteiger partial charge in [0.2, 0.25) is 17.1 Å². The zero-order valence-corrected chi connectivity index (χ0v) is 12.2. The molecule has 1 aromatic rings. The summed E-state index contributed by atoms with van der Waals surface area (Å²) in [5.41, 5.74) is 0. The van der Waals surface area contributed by atoms with Crippen molar-refractivity contribution in [2.75, 3.05) is 25.5 Å². The Kier molecular flexibility index (Phi) is 5.75. The topological polar surface area (TPSA) is 80.2 Å². The lowest BCUT2D eigenvalue weighted by Crippen LogP contribution is -2.41. The molecule has 1 rings (SSSR count). The van der Waals surface area contributed by atoms with Crippen molar-refractivity contribution in [1.29, 1.82) is 0 Å². The molecule has 0 fully saturated rings. The number of methoxy groups -OCH3 is 1. The maximum Gasteiger partial charge on any atom is 0.322 e. The Hall–Kier alpha value is -1.63. The van der Waals surface area contributed by atoms with E-state index in [9.17, 15) is 4.79 Å². The first-order chi connectivity index (χ1) is 9.01. The Morgan fingerprint density at radius 3 is 2.53 bits per heavy atom. The van der Waals surface area contributed by atoms with Gasteiger partial charge in [0.25, 0.3) is 0 Å². The second-order valence-corrected chi connectivity index (χ2v) is 4.13. The minimum absolute atomic E-state index is 0.0110. The molecule has 106 valence electrons. The smallest absolute Gasteiger partial charge is 0.322 e. The van der Waals surface area contributed by atoms with E-state index in [2.05, 4.69) is 20.3 Å². The molecule has 19 heavy (non-hydrogen) atoms. The van der Waals surface area contributed by atoms with Crippen LogP contribution in [-0.4, -0.2) is 52.0 Å². The second-order valence-electron chi connectivity index (χ2n) is 3.79. The highest BCUT2D eigenvalue weighted by atomic mass is 35.5. The highest BCUT2D eigenvalue weighted by molar-refractivity contribution is 6.28. The van der Waals surface area contributed by atoms with Crippen LogP contribution >= 0.6 is 11.6 Å². The van der Waals surface area contributed by atoms with Gasteiger partial charge >= 0.3 is 6.01 Å². The second kappa shape index (κ2) is 7.08. The molecular formula is C11H18ClN5O2. The van der Waals surface area contributed by atoms with Crippen LogP contribution in [0.3, 0.4) is 0 Å². The Balaban J connectivity index is 2.78. The fraction of sp³-hybridized carbons (Fsp3) is 0.636. The molecule has 0 saturated heterocycles. The number of hydrogen-bond donors (Lipinski definition) is 1. The largest absolute Gasteiger partial charge is 0.467 e. The SMILES string of the molecule is CCN(CC)C(=O)C(C)Nc1nc(Cl)nc(OC)n1. The van der Waals surface area contributed by atoms with Crippen LogP contribution in [0.2, 0.25) is 5.28 Å². The maximum atomic E-state index is 12.1. The van der Waals surface area contributed by atoms with Crippen molar-refractivity contribution < 1.29 is 9.53 Å². The normalized spacial score (nSPS) is 11.8. The van der Waals surface area contributed by atoms with Crippen LogP contribution in [0.15, 0.2) is 0 Å². The van der Waals surface area contributed by atoms with Gasteiger partial charge in [-0.1, -0.05) is 0 Å². The van der Waals surface area contributed by atoms with E-state index in [0.717, 1.165) is 0 Å². The number of anilines is 1. The highest BCUT2D eigenvalue weighted by Gasteiger charge is 2.19. The highest BCUT2D eigenvalue weighted by Crippen LogP contribution is 2.12. The first-order valence-corrected chi connectivity index (χ1v) is 6.40. The summed E-state index contributed by atoms with van der Waals surface area (Å²) in [6, 6.07) is -0.354. The fourth-order valence-corrected chi connectivity index (χ4v) is 1.70. The van der Waals surface area contributed by atoms with Crippen molar-refractivity contribution in [2.24, 2.45) is 0 Å². The third-order valence-electron chi connectivity index (χ3n) is 2.56. The van der Waals surface area contributed by atoms with Gasteiger partial charge in [0.05, 0.1) is 7.11 Å². The molecule has 1 heterocycles. The summed E-state index contributed by atoms with van der Waals surface area (Å²) in [4.78, 5) is 25.4. The third-order valence-corrected chi connectivity index (χ3v) is 2.73. The predicted molar refractivity (Wildman–Crippen MR) is 72.4 cm³/mol. The molecule has 1 unspecified atom stereocenters. The van der Waals surface area contributed by atoms with E-state index in [1.165, 1.54) is 7.11 Å². The number of ether oxygens (including phenoxy) is 1. The molecule has 1 N–H and O–H groups in total. The monoisotopic (exact) mass is 287 g/mol. The van der Waals surface area contributed by atoms with E-state index in [-0.39, 0.29) is 23.1 Å². The first-order valence-electron chi connectivity index (χ1n) is 6.02. The van der Waals surface area contributed by atoms with Gasteiger partial charge < -0.3 is 15.0 Å². The minimum Gasteiger partial charge on any atom is -0.467 e. The van der Waals surface area contributed by atoms with E-state index >= 15 is 0 Å². The number of likely N-dealkylation sites (N-methyl/N-ethyl adjacent to an activating group) is 1. The zero-order valence-electron chi connectivity index (χ0n) is 11.5. The van der Waals surface area contributed by atoms with Gasteiger partial charge in [0, 0.05) is 13.1 Å². The van der Waals surface area contributed by atoms with Crippen LogP contribution in [0.5, 0.6) is 6.01 Å². The number of amides is 1. The summed E-state index contributed by atoms with van der Waals surface area (Å²) in [5.74, 6) is 0.186. The molecular weight excluding hydrogens is 270 g/mol. The van der Waals surface area contributed by atoms with E-state index in [1.54, 1.807) is 11.8 Å². The van der Waals surface area contributed by atoms with Gasteiger partial charge in [-0.2, -0.15) is 15.0 Å². The molecule has 0 spiro atoms. The lowest BCUT2D eigenvalue weighted by molar-refractivity contribution is -0.131. The van der Waals surface area contributed by atoms with E-state index in [0.29, 0.717) is 13.1 Å². The Morgan fingerprint density at radius 2 is 2.00 bits per heavy atom. The molecule has 0 aliphatic rings. The average Bonchev–Trinajstić information content (AvgIpc) is 2.39. The standard InChI is InChI=1S/C11H18ClN5O2/c1-5-17(6-2)8(18)7(3)13-10-14-9(12)15-11(16-10)19-4/h7H,5-6H2,1-4H3,(H,13,14,15,16). The lowest BCUT2D eigenvalue weighted by Gasteiger charge is -2.23. The quantitative estimate of drug-likeness (QED) is 0.847. The number of rotatable bonds is 6. The van der Waals surface area contributed by atoms with Gasteiger partial charge in [-0.15, -0.1) is 0 Å². The van der Waals surface area contributed by atoms with Gasteiger partial charge in [-0.05, 0) is 32.4 Å². The number of hydrogen-bond acceptors (Lipinski definition) is 6. The Bertz CT molecular complexity index is 439. The molecule has 0 aromatic carbocycles. The van der Waals surface area contributed by atoms with Gasteiger partial charge in [0.15, 0.2) is 0 Å². The maximum absolute atomic E-state index is 12.1. The molecule has 0 radical (unpaired) electrons. The van der Waals surface area contributed by atoms with E-state index < -0.39 is 6.04 Å². The van der Waals surface area contributed by atoms with Crippen LogP contribution in [0, 0.1) is 0 Å². The van der Waals surface area contributed by atoms with Gasteiger partial charge in [-0.25, -0.2) is 0 Å². The minimum atomic E-state index is -0.455. The van der Waals surface area contributed by atoms with Crippen LogP contribution in [0.25, 0.3) is 0 Å². The number of carbonyl (C=O) groups is 1. The van der Waals surface area contributed by atoms with Crippen molar-refractivity contribution in [3.63, 3.8) is 0 Å². The number of nitrogens with one attached hydrogen (secondary N) is 1. The van der Waals surface area contributed by atoms with Crippen molar-refractivity contribution in [3.8, 4) is 6.01 Å². The predicted octanol–water partition coefficient (Wildman–Crippen LogP) is 1.20. The molecule has 0 aliphatic heterocycles. The average molecular weight is 288 g/mol. The molecule has 0 saturated carbocycles. The molecule has 1 atom stereocenters. The van der Waals surface area contributed by atoms with E-state index in [1.807, 2.05) is 13.8 Å². The van der Waals surface area contributed by atoms with Gasteiger partial charge in [0.1, 0.15) is 6.04 Å². The number of halogens is 1. The molecule has 8 heteroatoms. The Labute approximate surface area is 117 Å². The summed E-state index contributed by atoms with van der Waals surface area (Å²) < 4.78 is 4.89. The van der Waals surface area contributed by atoms with Gasteiger partial charge in [-0.3, -0.25) is 4.79 Å². The molecule has 7 nitrogen and oxygen atoms in total. The van der Waals surface area contributed by atoms with E-state index in [4.69, 9.17) is 16.3 Å². The summed E-state index contributed by atoms with van der Waals surface area (Å²) in [6.45, 7) is 6.91. The summed E-state index contributed by atoms with van der Waals surface area (Å²) in [6.07, 6.45) is 0. The van der Waals surface area contributed by atoms with Crippen LogP contribution in [0.4, 0.5) is 5.95 Å². The van der Waals surface area contributed by atoms with Crippen molar-refractivity contribution in [1.82, 2.24) is 19.9 Å². The molecule has 1 amide bonds.